The molecule has 1 N–H and O–H groups in total. The fourth-order valence-corrected chi connectivity index (χ4v) is 5.96. The van der Waals surface area contributed by atoms with Crippen molar-refractivity contribution in [3.8, 4) is 28.6 Å². The number of aromatic nitrogens is 3. The van der Waals surface area contributed by atoms with E-state index in [1.807, 2.05) is 43.3 Å². The molecule has 242 valence electrons. The summed E-state index contributed by atoms with van der Waals surface area (Å²) in [5.74, 6) is 2.11. The molecule has 0 saturated carbocycles. The van der Waals surface area contributed by atoms with Gasteiger partial charge in [-0.1, -0.05) is 62.9 Å². The van der Waals surface area contributed by atoms with Gasteiger partial charge in [-0.15, -0.1) is 18.3 Å². The minimum atomic E-state index is -4.75. The van der Waals surface area contributed by atoms with Crippen molar-refractivity contribution < 1.29 is 27.4 Å². The van der Waals surface area contributed by atoms with Crippen LogP contribution in [-0.4, -0.2) is 58.3 Å². The number of thioether (sulfide) groups is 1. The highest BCUT2D eigenvalue weighted by Gasteiger charge is 2.31. The van der Waals surface area contributed by atoms with Crippen molar-refractivity contribution in [3.05, 3.63) is 84.2 Å². The number of amidine groups is 1. The zero-order valence-electron chi connectivity index (χ0n) is 25.9. The van der Waals surface area contributed by atoms with Gasteiger partial charge in [-0.2, -0.15) is 4.99 Å². The Hall–Kier alpha value is -4.52. The molecule has 1 aromatic heterocycles. The third kappa shape index (κ3) is 8.19. The Balaban J connectivity index is 1.20. The summed E-state index contributed by atoms with van der Waals surface area (Å²) in [6, 6.07) is 18.7. The van der Waals surface area contributed by atoms with Crippen LogP contribution in [-0.2, 0) is 0 Å². The van der Waals surface area contributed by atoms with E-state index in [-0.39, 0.29) is 17.7 Å². The van der Waals surface area contributed by atoms with Gasteiger partial charge in [0.05, 0.1) is 12.8 Å². The SMILES string of the molecule is COc1ccc(C(C)C)c(N2CCCS/C2=N\C(=O)NCC(C)c2ccc(-c3ncn(-c4ccc(OC(F)(F)F)cc4)n3)cc2)c1. The second-order valence-corrected chi connectivity index (χ2v) is 12.2. The summed E-state index contributed by atoms with van der Waals surface area (Å²) in [4.78, 5) is 23.9. The van der Waals surface area contributed by atoms with E-state index in [1.165, 1.54) is 40.8 Å². The van der Waals surface area contributed by atoms with Crippen molar-refractivity contribution in [1.82, 2.24) is 20.1 Å². The summed E-state index contributed by atoms with van der Waals surface area (Å²) in [6.07, 6.45) is -2.28. The molecule has 0 bridgehead atoms. The monoisotopic (exact) mass is 652 g/mol. The first-order valence-electron chi connectivity index (χ1n) is 14.8. The summed E-state index contributed by atoms with van der Waals surface area (Å²) in [6.45, 7) is 7.48. The number of carbonyl (C=O) groups excluding carboxylic acids is 1. The molecular weight excluding hydrogens is 617 g/mol. The predicted molar refractivity (Wildman–Crippen MR) is 174 cm³/mol. The third-order valence-corrected chi connectivity index (χ3v) is 8.52. The first-order chi connectivity index (χ1) is 22.0. The molecule has 1 atom stereocenters. The van der Waals surface area contributed by atoms with Crippen LogP contribution in [0.5, 0.6) is 11.5 Å². The maximum Gasteiger partial charge on any atom is 0.573 e. The number of hydrogen-bond acceptors (Lipinski definition) is 6. The largest absolute Gasteiger partial charge is 0.573 e. The zero-order chi connectivity index (χ0) is 32.8. The van der Waals surface area contributed by atoms with E-state index in [9.17, 15) is 18.0 Å². The Kier molecular flexibility index (Phi) is 10.2. The quantitative estimate of drug-likeness (QED) is 0.197. The highest BCUT2D eigenvalue weighted by molar-refractivity contribution is 8.14. The minimum absolute atomic E-state index is 0.0159. The molecule has 46 heavy (non-hydrogen) atoms. The highest BCUT2D eigenvalue weighted by Crippen LogP contribution is 2.35. The highest BCUT2D eigenvalue weighted by atomic mass is 32.2. The van der Waals surface area contributed by atoms with Gasteiger partial charge in [0.1, 0.15) is 17.8 Å². The van der Waals surface area contributed by atoms with Crippen molar-refractivity contribution in [3.63, 3.8) is 0 Å². The predicted octanol–water partition coefficient (Wildman–Crippen LogP) is 7.78. The van der Waals surface area contributed by atoms with E-state index in [0.29, 0.717) is 29.1 Å². The number of carbonyl (C=O) groups is 1. The van der Waals surface area contributed by atoms with Crippen LogP contribution in [0.25, 0.3) is 17.1 Å². The maximum absolute atomic E-state index is 13.0. The fraction of sp³-hybridized carbons (Fsp3) is 0.333. The van der Waals surface area contributed by atoms with Crippen molar-refractivity contribution in [2.45, 2.75) is 45.4 Å². The topological polar surface area (TPSA) is 93.9 Å². The van der Waals surface area contributed by atoms with Crippen molar-refractivity contribution in [1.29, 1.82) is 0 Å². The van der Waals surface area contributed by atoms with Gasteiger partial charge in [0, 0.05) is 36.2 Å². The summed E-state index contributed by atoms with van der Waals surface area (Å²) < 4.78 is 48.2. The minimum Gasteiger partial charge on any atom is -0.497 e. The van der Waals surface area contributed by atoms with Crippen LogP contribution in [0.4, 0.5) is 23.7 Å². The van der Waals surface area contributed by atoms with Crippen LogP contribution in [0, 0.1) is 0 Å². The molecular formula is C33H35F3N6O3S. The Labute approximate surface area is 269 Å². The van der Waals surface area contributed by atoms with Gasteiger partial charge in [0.15, 0.2) is 11.0 Å². The average molecular weight is 653 g/mol. The lowest BCUT2D eigenvalue weighted by Crippen LogP contribution is -2.37. The number of amides is 2. The molecule has 1 saturated heterocycles. The molecule has 0 aliphatic carbocycles. The smallest absolute Gasteiger partial charge is 0.497 e. The van der Waals surface area contributed by atoms with Gasteiger partial charge in [0.2, 0.25) is 0 Å². The van der Waals surface area contributed by atoms with Crippen LogP contribution in [0.3, 0.4) is 0 Å². The molecule has 1 unspecified atom stereocenters. The van der Waals surface area contributed by atoms with Crippen LogP contribution >= 0.6 is 11.8 Å². The molecule has 4 aromatic rings. The van der Waals surface area contributed by atoms with E-state index in [4.69, 9.17) is 4.74 Å². The number of nitrogens with zero attached hydrogens (tertiary/aromatic N) is 5. The van der Waals surface area contributed by atoms with Gasteiger partial charge < -0.3 is 19.7 Å². The lowest BCUT2D eigenvalue weighted by Gasteiger charge is -2.32. The number of ether oxygens (including phenoxy) is 2. The number of rotatable bonds is 9. The Morgan fingerprint density at radius 1 is 1.04 bits per heavy atom. The summed E-state index contributed by atoms with van der Waals surface area (Å²) in [7, 11) is 1.65. The summed E-state index contributed by atoms with van der Waals surface area (Å²) in [5, 5.41) is 8.08. The van der Waals surface area contributed by atoms with Crippen LogP contribution in [0.2, 0.25) is 0 Å². The number of aliphatic imine (C=N–C) groups is 1. The number of methoxy groups -OCH3 is 1. The molecule has 3 aromatic carbocycles. The average Bonchev–Trinajstić information content (AvgIpc) is 3.54. The standard InChI is InChI=1S/C33H35F3N6O3S/c1-21(2)28-15-14-27(44-4)18-29(28)41-16-5-17-46-32(41)39-31(43)37-19-22(3)23-6-8-24(9-7-23)30-38-20-42(40-30)25-10-12-26(13-11-25)45-33(34,35)36/h6-15,18,20-22H,5,16-17,19H2,1-4H3,(H,37,43)/b39-32-. The molecule has 13 heteroatoms. The first-order valence-corrected chi connectivity index (χ1v) is 15.8. The second kappa shape index (κ2) is 14.3. The molecule has 0 radical (unpaired) electrons. The fourth-order valence-electron chi connectivity index (χ4n) is 5.01. The lowest BCUT2D eigenvalue weighted by atomic mass is 10.00. The van der Waals surface area contributed by atoms with Gasteiger partial charge in [-0.25, -0.2) is 14.5 Å². The van der Waals surface area contributed by atoms with E-state index in [2.05, 4.69) is 49.9 Å². The Morgan fingerprint density at radius 2 is 1.76 bits per heavy atom. The molecule has 1 aliphatic rings. The van der Waals surface area contributed by atoms with E-state index in [1.54, 1.807) is 18.9 Å². The zero-order valence-corrected chi connectivity index (χ0v) is 26.7. The molecule has 1 fully saturated rings. The third-order valence-electron chi connectivity index (χ3n) is 7.46. The van der Waals surface area contributed by atoms with Crippen LogP contribution < -0.4 is 19.7 Å². The molecule has 1 aliphatic heterocycles. The number of urea groups is 1. The number of nitrogens with one attached hydrogen (secondary N) is 1. The molecule has 5 rings (SSSR count). The van der Waals surface area contributed by atoms with Gasteiger partial charge in [0.25, 0.3) is 0 Å². The Bertz CT molecular complexity index is 1670. The van der Waals surface area contributed by atoms with Crippen LogP contribution in [0.1, 0.15) is 50.2 Å². The van der Waals surface area contributed by atoms with Crippen molar-refractivity contribution >= 4 is 28.6 Å². The van der Waals surface area contributed by atoms with Crippen molar-refractivity contribution in [2.75, 3.05) is 30.9 Å². The normalized spacial score (nSPS) is 15.2. The molecule has 0 spiro atoms. The molecule has 2 amide bonds. The number of anilines is 1. The molecule has 9 nitrogen and oxygen atoms in total. The number of halogens is 3. The van der Waals surface area contributed by atoms with Crippen LogP contribution in [0.15, 0.2) is 78.0 Å². The Morgan fingerprint density at radius 3 is 2.43 bits per heavy atom. The maximum atomic E-state index is 13.0. The van der Waals surface area contributed by atoms with Gasteiger partial charge in [-0.3, -0.25) is 0 Å². The first kappa shape index (κ1) is 32.9. The van der Waals surface area contributed by atoms with E-state index in [0.717, 1.165) is 41.3 Å². The lowest BCUT2D eigenvalue weighted by molar-refractivity contribution is -0.274. The number of hydrogen-bond donors (Lipinski definition) is 1. The van der Waals surface area contributed by atoms with Gasteiger partial charge in [-0.05, 0) is 59.7 Å². The summed E-state index contributed by atoms with van der Waals surface area (Å²) in [5.41, 5.74) is 4.51. The van der Waals surface area contributed by atoms with Crippen molar-refractivity contribution in [2.24, 2.45) is 4.99 Å². The summed E-state index contributed by atoms with van der Waals surface area (Å²) >= 11 is 1.58. The van der Waals surface area contributed by atoms with E-state index >= 15 is 0 Å². The molecule has 2 heterocycles. The number of benzene rings is 3. The second-order valence-electron chi connectivity index (χ2n) is 11.1. The number of alkyl halides is 3. The van der Waals surface area contributed by atoms with E-state index < -0.39 is 6.36 Å². The van der Waals surface area contributed by atoms with Gasteiger partial charge >= 0.3 is 12.4 Å².